The van der Waals surface area contributed by atoms with Gasteiger partial charge < -0.3 is 33.5 Å². The summed E-state index contributed by atoms with van der Waals surface area (Å²) in [4.78, 5) is 22.6. The van der Waals surface area contributed by atoms with E-state index in [0.29, 0.717) is 26.4 Å². The second kappa shape index (κ2) is 24.1. The minimum atomic E-state index is -0.454. The average Bonchev–Trinajstić information content (AvgIpc) is 2.75. The largest absolute Gasteiger partial charge is 0.458 e. The molecule has 0 radical (unpaired) electrons. The number of unbranched alkanes of at least 4 members (excludes halogenated alkanes) is 4. The third-order valence-electron chi connectivity index (χ3n) is 4.02. The third kappa shape index (κ3) is 34.9. The highest BCUT2D eigenvalue weighted by atomic mass is 16.6. The zero-order valence-corrected chi connectivity index (χ0v) is 24.0. The maximum absolute atomic E-state index is 11.3. The maximum Gasteiger partial charge on any atom is 0.332 e. The summed E-state index contributed by atoms with van der Waals surface area (Å²) in [5, 5.41) is 8.48. The van der Waals surface area contributed by atoms with Crippen LogP contribution >= 0.6 is 0 Å². The molecule has 0 spiro atoms. The van der Waals surface area contributed by atoms with E-state index in [9.17, 15) is 9.59 Å². The summed E-state index contributed by atoms with van der Waals surface area (Å²) in [5.74, 6) is -0.623. The lowest BCUT2D eigenvalue weighted by Crippen LogP contribution is -2.26. The van der Waals surface area contributed by atoms with Gasteiger partial charge in [-0.1, -0.05) is 6.92 Å². The monoisotopic (exact) mass is 522 g/mol. The van der Waals surface area contributed by atoms with E-state index in [2.05, 4.69) is 6.92 Å². The van der Waals surface area contributed by atoms with Crippen molar-refractivity contribution in [3.05, 3.63) is 0 Å². The van der Waals surface area contributed by atoms with Gasteiger partial charge in [0, 0.05) is 33.0 Å². The lowest BCUT2D eigenvalue weighted by molar-refractivity contribution is -0.161. The maximum atomic E-state index is 11.3. The minimum Gasteiger partial charge on any atom is -0.458 e. The molecule has 0 bridgehead atoms. The Morgan fingerprint density at radius 2 is 0.917 bits per heavy atom. The van der Waals surface area contributed by atoms with Crippen LogP contribution in [0.4, 0.5) is 0 Å². The molecular formula is C27H54O9. The van der Waals surface area contributed by atoms with Crippen LogP contribution in [0.5, 0.6) is 0 Å². The van der Waals surface area contributed by atoms with Crippen LogP contribution in [-0.2, 0) is 38.0 Å². The summed E-state index contributed by atoms with van der Waals surface area (Å²) < 4.78 is 31.2. The van der Waals surface area contributed by atoms with Crippen molar-refractivity contribution in [2.45, 2.75) is 105 Å². The van der Waals surface area contributed by atoms with Gasteiger partial charge in [-0.3, -0.25) is 0 Å². The molecule has 216 valence electrons. The van der Waals surface area contributed by atoms with Gasteiger partial charge in [-0.2, -0.15) is 0 Å². The number of aliphatic hydroxyl groups excluding tert-OH is 1. The van der Waals surface area contributed by atoms with E-state index in [0.717, 1.165) is 58.2 Å². The molecule has 0 unspecified atom stereocenters. The molecular weight excluding hydrogens is 468 g/mol. The molecule has 9 heteroatoms. The van der Waals surface area contributed by atoms with E-state index in [1.165, 1.54) is 0 Å². The van der Waals surface area contributed by atoms with Crippen LogP contribution in [0.15, 0.2) is 0 Å². The highest BCUT2D eigenvalue weighted by Crippen LogP contribution is 2.08. The van der Waals surface area contributed by atoms with E-state index in [1.807, 2.05) is 41.5 Å². The van der Waals surface area contributed by atoms with Gasteiger partial charge in [-0.05, 0) is 86.5 Å². The smallest absolute Gasteiger partial charge is 0.332 e. The fourth-order valence-corrected chi connectivity index (χ4v) is 2.64. The zero-order valence-electron chi connectivity index (χ0n) is 24.0. The molecule has 0 aliphatic carbocycles. The van der Waals surface area contributed by atoms with Crippen LogP contribution in [0.1, 0.15) is 93.4 Å². The Balaban J connectivity index is 0. The molecule has 0 aliphatic heterocycles. The van der Waals surface area contributed by atoms with Crippen molar-refractivity contribution in [2.24, 2.45) is 0 Å². The van der Waals surface area contributed by atoms with Gasteiger partial charge in [0.25, 0.3) is 0 Å². The van der Waals surface area contributed by atoms with Crippen molar-refractivity contribution in [3.8, 4) is 0 Å². The lowest BCUT2D eigenvalue weighted by Gasteiger charge is -2.19. The highest BCUT2D eigenvalue weighted by molar-refractivity contribution is 5.71. The highest BCUT2D eigenvalue weighted by Gasteiger charge is 2.16. The number of rotatable bonds is 20. The number of esters is 2. The van der Waals surface area contributed by atoms with Gasteiger partial charge in [0.1, 0.15) is 24.4 Å². The first-order valence-electron chi connectivity index (χ1n) is 13.3. The molecule has 0 aromatic rings. The molecule has 36 heavy (non-hydrogen) atoms. The Kier molecular flexibility index (Phi) is 24.7. The zero-order chi connectivity index (χ0) is 27.7. The fraction of sp³-hybridized carbons (Fsp3) is 0.926. The Hall–Kier alpha value is -1.26. The lowest BCUT2D eigenvalue weighted by atomic mass is 10.2. The summed E-state index contributed by atoms with van der Waals surface area (Å²) in [6.07, 6.45) is 6.96. The van der Waals surface area contributed by atoms with Gasteiger partial charge in [0.2, 0.25) is 0 Å². The normalized spacial score (nSPS) is 11.6. The van der Waals surface area contributed by atoms with E-state index >= 15 is 0 Å². The molecule has 0 aliphatic rings. The summed E-state index contributed by atoms with van der Waals surface area (Å²) in [6.45, 7) is 17.1. The first kappa shape index (κ1) is 36.9. The van der Waals surface area contributed by atoms with Crippen LogP contribution < -0.4 is 0 Å². The van der Waals surface area contributed by atoms with Gasteiger partial charge in [-0.15, -0.1) is 0 Å². The molecule has 0 heterocycles. The van der Waals surface area contributed by atoms with Gasteiger partial charge >= 0.3 is 11.9 Å². The molecule has 0 aromatic carbocycles. The topological polar surface area (TPSA) is 110 Å². The van der Waals surface area contributed by atoms with Crippen LogP contribution in [-0.4, -0.2) is 87.7 Å². The Morgan fingerprint density at radius 3 is 1.25 bits per heavy atom. The van der Waals surface area contributed by atoms with Crippen molar-refractivity contribution in [2.75, 3.05) is 59.5 Å². The Bertz CT molecular complexity index is 464. The first-order valence-corrected chi connectivity index (χ1v) is 13.3. The van der Waals surface area contributed by atoms with Gasteiger partial charge in [0.05, 0.1) is 13.2 Å². The quantitative estimate of drug-likeness (QED) is 0.183. The molecule has 0 saturated heterocycles. The van der Waals surface area contributed by atoms with Gasteiger partial charge in [0.15, 0.2) is 0 Å². The van der Waals surface area contributed by atoms with Crippen molar-refractivity contribution in [1.29, 1.82) is 0 Å². The molecule has 0 aromatic heterocycles. The van der Waals surface area contributed by atoms with Crippen molar-refractivity contribution < 1.29 is 43.1 Å². The SMILES string of the molecule is CC(C)(C)OC(=O)COCCCCCOCCO.CCCOCCCCCOCC(=O)OC(C)(C)C. The van der Waals surface area contributed by atoms with Crippen LogP contribution in [0.25, 0.3) is 0 Å². The summed E-state index contributed by atoms with van der Waals surface area (Å²) in [5.41, 5.74) is -0.887. The summed E-state index contributed by atoms with van der Waals surface area (Å²) in [7, 11) is 0. The van der Waals surface area contributed by atoms with Gasteiger partial charge in [-0.25, -0.2) is 9.59 Å². The number of ether oxygens (including phenoxy) is 6. The summed E-state index contributed by atoms with van der Waals surface area (Å²) in [6, 6.07) is 0. The van der Waals surface area contributed by atoms with E-state index in [-0.39, 0.29) is 31.8 Å². The fourth-order valence-electron chi connectivity index (χ4n) is 2.64. The van der Waals surface area contributed by atoms with E-state index in [1.54, 1.807) is 0 Å². The molecule has 1 N–H and O–H groups in total. The first-order chi connectivity index (χ1) is 16.9. The summed E-state index contributed by atoms with van der Waals surface area (Å²) >= 11 is 0. The Labute approximate surface area is 219 Å². The molecule has 0 saturated carbocycles. The number of hydrogen-bond acceptors (Lipinski definition) is 9. The van der Waals surface area contributed by atoms with Crippen molar-refractivity contribution in [1.82, 2.24) is 0 Å². The van der Waals surface area contributed by atoms with Crippen LogP contribution in [0, 0.1) is 0 Å². The second-order valence-corrected chi connectivity index (χ2v) is 10.3. The minimum absolute atomic E-state index is 0.0122. The van der Waals surface area contributed by atoms with Crippen molar-refractivity contribution >= 4 is 11.9 Å². The molecule has 0 amide bonds. The average molecular weight is 523 g/mol. The third-order valence-corrected chi connectivity index (χ3v) is 4.02. The Morgan fingerprint density at radius 1 is 0.556 bits per heavy atom. The van der Waals surface area contributed by atoms with E-state index < -0.39 is 11.2 Å². The predicted octanol–water partition coefficient (Wildman–Crippen LogP) is 4.47. The standard InChI is InChI=1S/C14H28O4.C13H26O5/c1-5-9-16-10-7-6-8-11-17-12-13(15)18-14(2,3)4;1-13(2,3)18-12(15)11-17-9-6-4-5-8-16-10-7-14/h5-12H2,1-4H3;14H,4-11H2,1-3H3. The number of carbonyl (C=O) groups excluding carboxylic acids is 2. The molecule has 0 rings (SSSR count). The van der Waals surface area contributed by atoms with E-state index in [4.69, 9.17) is 33.5 Å². The number of hydrogen-bond donors (Lipinski definition) is 1. The molecule has 9 nitrogen and oxygen atoms in total. The second-order valence-electron chi connectivity index (χ2n) is 10.3. The van der Waals surface area contributed by atoms with Crippen molar-refractivity contribution in [3.63, 3.8) is 0 Å². The predicted molar refractivity (Wildman–Crippen MR) is 140 cm³/mol. The molecule has 0 atom stereocenters. The van der Waals surface area contributed by atoms with Crippen LogP contribution in [0.3, 0.4) is 0 Å². The number of carbonyl (C=O) groups is 2. The molecule has 0 fully saturated rings. The number of aliphatic hydroxyl groups is 1. The van der Waals surface area contributed by atoms with Crippen LogP contribution in [0.2, 0.25) is 0 Å².